The van der Waals surface area contributed by atoms with Crippen LogP contribution in [0, 0.1) is 0 Å². The van der Waals surface area contributed by atoms with Gasteiger partial charge in [-0.1, -0.05) is 13.8 Å². The van der Waals surface area contributed by atoms with E-state index in [2.05, 4.69) is 5.73 Å². The van der Waals surface area contributed by atoms with Crippen LogP contribution in [0.4, 0.5) is 0 Å². The Morgan fingerprint density at radius 3 is 1.17 bits per heavy atom. The Labute approximate surface area is 104 Å². The summed E-state index contributed by atoms with van der Waals surface area (Å²) in [7, 11) is 0. The highest BCUT2D eigenvalue weighted by atomic mass is 16.5. The van der Waals surface area contributed by atoms with Crippen LogP contribution in [-0.2, 0) is 14.4 Å². The van der Waals surface area contributed by atoms with E-state index in [1.807, 2.05) is 0 Å². The molecule has 0 saturated carbocycles. The number of hydrogen-bond acceptors (Lipinski definition) is 5. The molecule has 18 heavy (non-hydrogen) atoms. The summed E-state index contributed by atoms with van der Waals surface area (Å²) in [6, 6.07) is 0. The lowest BCUT2D eigenvalue weighted by Crippen LogP contribution is -2.63. The molecule has 8 nitrogen and oxygen atoms in total. The summed E-state index contributed by atoms with van der Waals surface area (Å²) < 4.78 is 0. The Morgan fingerprint density at radius 2 is 1.11 bits per heavy atom. The summed E-state index contributed by atoms with van der Waals surface area (Å²) in [4.78, 5) is 30.6. The van der Waals surface area contributed by atoms with Crippen LogP contribution < -0.4 is 5.73 Å². The van der Waals surface area contributed by atoms with Gasteiger partial charge in [-0.3, -0.25) is 4.79 Å². The number of nitrogens with two attached hydrogens (primary N) is 1. The maximum Gasteiger partial charge on any atom is 0.339 e. The van der Waals surface area contributed by atoms with Crippen LogP contribution >= 0.6 is 0 Å². The van der Waals surface area contributed by atoms with Gasteiger partial charge in [-0.15, -0.1) is 0 Å². The minimum Gasteiger partial charge on any atom is -0.479 e. The molecule has 8 heteroatoms. The van der Waals surface area contributed by atoms with Crippen molar-refractivity contribution in [1.29, 1.82) is 0 Å². The van der Waals surface area contributed by atoms with Crippen molar-refractivity contribution in [2.45, 2.75) is 44.8 Å². The Kier molecular flexibility index (Phi) is 7.18. The standard InChI is InChI=1S/C8H14O6.C2H5NO/c1-3-7(13,5(9)10)8(14,4-2)6(11)12;1-2(3)4/h13-14H,3-4H2,1-2H3,(H,9,10)(H,11,12);1H3,(H2,3,4). The Bertz CT molecular complexity index is 300. The number of primary amides is 1. The first-order chi connectivity index (χ1) is 7.99. The molecule has 0 aromatic rings. The molecular formula is C10H19NO7. The molecule has 1 amide bonds. The zero-order valence-corrected chi connectivity index (χ0v) is 10.5. The summed E-state index contributed by atoms with van der Waals surface area (Å²) in [5.74, 6) is -3.82. The number of rotatable bonds is 5. The molecule has 0 aliphatic rings. The molecule has 0 fully saturated rings. The molecule has 0 aromatic heterocycles. The molecular weight excluding hydrogens is 246 g/mol. The number of amides is 1. The molecule has 0 heterocycles. The maximum absolute atomic E-state index is 10.7. The molecule has 106 valence electrons. The van der Waals surface area contributed by atoms with E-state index < -0.39 is 23.1 Å². The summed E-state index contributed by atoms with van der Waals surface area (Å²) in [5.41, 5.74) is -0.846. The summed E-state index contributed by atoms with van der Waals surface area (Å²) >= 11 is 0. The molecule has 0 aromatic carbocycles. The summed E-state index contributed by atoms with van der Waals surface area (Å²) in [6.07, 6.45) is -0.780. The molecule has 2 unspecified atom stereocenters. The van der Waals surface area contributed by atoms with E-state index in [1.54, 1.807) is 0 Å². The predicted octanol–water partition coefficient (Wildman–Crippen LogP) is -1.07. The second-order valence-electron chi connectivity index (χ2n) is 3.65. The van der Waals surface area contributed by atoms with Crippen LogP contribution in [0.25, 0.3) is 0 Å². The molecule has 0 saturated heterocycles. The van der Waals surface area contributed by atoms with Gasteiger partial charge in [0.2, 0.25) is 17.1 Å². The third-order valence-corrected chi connectivity index (χ3v) is 2.42. The zero-order chi connectivity index (χ0) is 15.1. The summed E-state index contributed by atoms with van der Waals surface area (Å²) in [5, 5.41) is 36.5. The Hall–Kier alpha value is -1.67. The number of hydrogen-bond donors (Lipinski definition) is 5. The van der Waals surface area contributed by atoms with E-state index in [4.69, 9.17) is 10.2 Å². The van der Waals surface area contributed by atoms with Crippen LogP contribution in [0.1, 0.15) is 33.6 Å². The fourth-order valence-electron chi connectivity index (χ4n) is 1.24. The van der Waals surface area contributed by atoms with Gasteiger partial charge in [0.15, 0.2) is 0 Å². The van der Waals surface area contributed by atoms with Crippen molar-refractivity contribution in [3.8, 4) is 0 Å². The lowest BCUT2D eigenvalue weighted by atomic mass is 9.79. The van der Waals surface area contributed by atoms with Gasteiger partial charge in [-0.2, -0.15) is 0 Å². The monoisotopic (exact) mass is 265 g/mol. The topological polar surface area (TPSA) is 158 Å². The van der Waals surface area contributed by atoms with Crippen molar-refractivity contribution >= 4 is 17.8 Å². The van der Waals surface area contributed by atoms with Crippen LogP contribution in [0.15, 0.2) is 0 Å². The van der Waals surface area contributed by atoms with Crippen molar-refractivity contribution in [1.82, 2.24) is 0 Å². The van der Waals surface area contributed by atoms with Crippen molar-refractivity contribution in [2.75, 3.05) is 0 Å². The summed E-state index contributed by atoms with van der Waals surface area (Å²) in [6.45, 7) is 3.88. The average molecular weight is 265 g/mol. The van der Waals surface area contributed by atoms with Gasteiger partial charge in [0.1, 0.15) is 0 Å². The lowest BCUT2D eigenvalue weighted by Gasteiger charge is -2.35. The number of aliphatic carboxylic acids is 2. The fraction of sp³-hybridized carbons (Fsp3) is 0.700. The van der Waals surface area contributed by atoms with Crippen molar-refractivity contribution < 1.29 is 34.8 Å². The molecule has 0 bridgehead atoms. The highest BCUT2D eigenvalue weighted by molar-refractivity contribution is 5.90. The predicted molar refractivity (Wildman–Crippen MR) is 60.6 cm³/mol. The van der Waals surface area contributed by atoms with Gasteiger partial charge in [0.05, 0.1) is 0 Å². The fourth-order valence-corrected chi connectivity index (χ4v) is 1.24. The first kappa shape index (κ1) is 18.7. The smallest absolute Gasteiger partial charge is 0.339 e. The van der Waals surface area contributed by atoms with Crippen molar-refractivity contribution in [3.63, 3.8) is 0 Å². The zero-order valence-electron chi connectivity index (χ0n) is 10.5. The number of carboxylic acid groups (broad SMARTS) is 2. The normalized spacial score (nSPS) is 16.5. The Balaban J connectivity index is 0. The van der Waals surface area contributed by atoms with Crippen molar-refractivity contribution in [3.05, 3.63) is 0 Å². The number of carboxylic acids is 2. The highest BCUT2D eigenvalue weighted by Gasteiger charge is 2.58. The SMILES string of the molecule is CC(N)=O.CCC(O)(C(=O)O)C(O)(CC)C(=O)O. The highest BCUT2D eigenvalue weighted by Crippen LogP contribution is 2.29. The largest absolute Gasteiger partial charge is 0.479 e. The molecule has 0 aliphatic heterocycles. The number of aliphatic hydroxyl groups is 2. The molecule has 6 N–H and O–H groups in total. The van der Waals surface area contributed by atoms with E-state index in [0.29, 0.717) is 0 Å². The minimum atomic E-state index is -2.66. The van der Waals surface area contributed by atoms with E-state index in [9.17, 15) is 24.6 Å². The van der Waals surface area contributed by atoms with Gasteiger partial charge in [0, 0.05) is 6.92 Å². The minimum absolute atomic E-state index is 0.333. The van der Waals surface area contributed by atoms with Gasteiger partial charge in [0.25, 0.3) is 0 Å². The second kappa shape index (κ2) is 6.92. The molecule has 0 radical (unpaired) electrons. The van der Waals surface area contributed by atoms with Gasteiger partial charge < -0.3 is 26.2 Å². The quantitative estimate of drug-likeness (QED) is 0.423. The lowest BCUT2D eigenvalue weighted by molar-refractivity contribution is -0.208. The molecule has 0 spiro atoms. The third-order valence-electron chi connectivity index (χ3n) is 2.42. The van der Waals surface area contributed by atoms with E-state index >= 15 is 0 Å². The Morgan fingerprint density at radius 1 is 0.944 bits per heavy atom. The van der Waals surface area contributed by atoms with Crippen LogP contribution in [0.2, 0.25) is 0 Å². The molecule has 0 rings (SSSR count). The van der Waals surface area contributed by atoms with Gasteiger partial charge >= 0.3 is 11.9 Å². The van der Waals surface area contributed by atoms with Crippen LogP contribution in [-0.4, -0.2) is 49.5 Å². The third kappa shape index (κ3) is 3.97. The number of carbonyl (C=O) groups excluding carboxylic acids is 1. The van der Waals surface area contributed by atoms with Crippen molar-refractivity contribution in [2.24, 2.45) is 5.73 Å². The van der Waals surface area contributed by atoms with Crippen LogP contribution in [0.5, 0.6) is 0 Å². The average Bonchev–Trinajstić information content (AvgIpc) is 2.25. The van der Waals surface area contributed by atoms with E-state index in [1.165, 1.54) is 20.8 Å². The first-order valence-corrected chi connectivity index (χ1v) is 5.17. The second-order valence-corrected chi connectivity index (χ2v) is 3.65. The maximum atomic E-state index is 10.7. The van der Waals surface area contributed by atoms with Gasteiger partial charge in [-0.25, -0.2) is 9.59 Å². The van der Waals surface area contributed by atoms with E-state index in [0.717, 1.165) is 0 Å². The molecule has 2 atom stereocenters. The van der Waals surface area contributed by atoms with E-state index in [-0.39, 0.29) is 18.7 Å². The van der Waals surface area contributed by atoms with Crippen LogP contribution in [0.3, 0.4) is 0 Å². The first-order valence-electron chi connectivity index (χ1n) is 5.17. The van der Waals surface area contributed by atoms with Gasteiger partial charge in [-0.05, 0) is 12.8 Å². The number of carbonyl (C=O) groups is 3. The molecule has 0 aliphatic carbocycles.